The summed E-state index contributed by atoms with van der Waals surface area (Å²) < 4.78 is 4.61. The maximum atomic E-state index is 11.3. The zero-order chi connectivity index (χ0) is 12.0. The predicted molar refractivity (Wildman–Crippen MR) is 57.3 cm³/mol. The number of carbonyl (C=O) groups is 2. The lowest BCUT2D eigenvalue weighted by molar-refractivity contribution is -0.146. The molecule has 1 N–H and O–H groups in total. The van der Waals surface area contributed by atoms with E-state index in [4.69, 9.17) is 0 Å². The van der Waals surface area contributed by atoms with E-state index in [0.29, 0.717) is 6.54 Å². The summed E-state index contributed by atoms with van der Waals surface area (Å²) in [5.74, 6) is -0.548. The Labute approximate surface area is 90.8 Å². The standard InChI is InChI=1S/C10H20N2O3/c1-7(10(14)15-5)6-12(4)8(2)9(13)11-3/h7-8H,6H2,1-5H3,(H,11,13). The van der Waals surface area contributed by atoms with Gasteiger partial charge in [-0.3, -0.25) is 14.5 Å². The Bertz CT molecular complexity index is 231. The molecule has 0 aliphatic heterocycles. The van der Waals surface area contributed by atoms with Crippen LogP contribution in [0.25, 0.3) is 0 Å². The molecule has 0 bridgehead atoms. The van der Waals surface area contributed by atoms with Crippen LogP contribution in [0.5, 0.6) is 0 Å². The van der Waals surface area contributed by atoms with E-state index < -0.39 is 0 Å². The molecule has 1 amide bonds. The number of hydrogen-bond donors (Lipinski definition) is 1. The first-order chi connectivity index (χ1) is 6.93. The van der Waals surface area contributed by atoms with Crippen LogP contribution in [0.15, 0.2) is 0 Å². The fraction of sp³-hybridized carbons (Fsp3) is 0.800. The minimum Gasteiger partial charge on any atom is -0.469 e. The molecule has 0 radical (unpaired) electrons. The van der Waals surface area contributed by atoms with Gasteiger partial charge in [0, 0.05) is 13.6 Å². The summed E-state index contributed by atoms with van der Waals surface area (Å²) in [7, 11) is 4.76. The van der Waals surface area contributed by atoms with Gasteiger partial charge in [-0.1, -0.05) is 6.92 Å². The number of amides is 1. The number of nitrogens with zero attached hydrogens (tertiary/aromatic N) is 1. The predicted octanol–water partition coefficient (Wildman–Crippen LogP) is -0.138. The first-order valence-corrected chi connectivity index (χ1v) is 4.93. The fourth-order valence-electron chi connectivity index (χ4n) is 1.27. The van der Waals surface area contributed by atoms with Crippen molar-refractivity contribution in [1.82, 2.24) is 10.2 Å². The highest BCUT2D eigenvalue weighted by atomic mass is 16.5. The Morgan fingerprint density at radius 2 is 1.93 bits per heavy atom. The second kappa shape index (κ2) is 6.40. The second-order valence-electron chi connectivity index (χ2n) is 3.65. The van der Waals surface area contributed by atoms with Crippen LogP contribution < -0.4 is 5.32 Å². The highest BCUT2D eigenvalue weighted by Crippen LogP contribution is 2.04. The summed E-state index contributed by atoms with van der Waals surface area (Å²) in [4.78, 5) is 24.3. The van der Waals surface area contributed by atoms with Gasteiger partial charge in [0.1, 0.15) is 0 Å². The van der Waals surface area contributed by atoms with Crippen molar-refractivity contribution in [2.75, 3.05) is 27.7 Å². The van der Waals surface area contributed by atoms with Gasteiger partial charge in [-0.2, -0.15) is 0 Å². The summed E-state index contributed by atoms with van der Waals surface area (Å²) in [6.07, 6.45) is 0. The molecule has 0 heterocycles. The van der Waals surface area contributed by atoms with Crippen LogP contribution in [0.2, 0.25) is 0 Å². The van der Waals surface area contributed by atoms with Gasteiger partial charge >= 0.3 is 5.97 Å². The SMILES string of the molecule is CNC(=O)C(C)N(C)CC(C)C(=O)OC. The monoisotopic (exact) mass is 216 g/mol. The number of esters is 1. The summed E-state index contributed by atoms with van der Waals surface area (Å²) >= 11 is 0. The molecule has 0 spiro atoms. The van der Waals surface area contributed by atoms with E-state index in [1.54, 1.807) is 27.9 Å². The molecule has 15 heavy (non-hydrogen) atoms. The zero-order valence-corrected chi connectivity index (χ0v) is 10.0. The van der Waals surface area contributed by atoms with Crippen molar-refractivity contribution in [3.63, 3.8) is 0 Å². The molecule has 0 rings (SSSR count). The number of methoxy groups -OCH3 is 1. The summed E-state index contributed by atoms with van der Waals surface area (Å²) in [5, 5.41) is 2.57. The first-order valence-electron chi connectivity index (χ1n) is 4.93. The lowest BCUT2D eigenvalue weighted by atomic mass is 10.1. The van der Waals surface area contributed by atoms with Gasteiger partial charge in [0.05, 0.1) is 19.1 Å². The highest BCUT2D eigenvalue weighted by molar-refractivity contribution is 5.81. The van der Waals surface area contributed by atoms with Crippen LogP contribution in [0.4, 0.5) is 0 Å². The van der Waals surface area contributed by atoms with Crippen molar-refractivity contribution in [2.24, 2.45) is 5.92 Å². The summed E-state index contributed by atoms with van der Waals surface area (Å²) in [6, 6.07) is -0.248. The van der Waals surface area contributed by atoms with E-state index in [0.717, 1.165) is 0 Å². The third-order valence-corrected chi connectivity index (χ3v) is 2.45. The molecule has 2 atom stereocenters. The van der Waals surface area contributed by atoms with E-state index in [2.05, 4.69) is 10.1 Å². The smallest absolute Gasteiger partial charge is 0.309 e. The van der Waals surface area contributed by atoms with E-state index >= 15 is 0 Å². The molecular formula is C10H20N2O3. The molecule has 0 aromatic heterocycles. The fourth-order valence-corrected chi connectivity index (χ4v) is 1.27. The molecule has 0 fully saturated rings. The summed E-state index contributed by atoms with van der Waals surface area (Å²) in [6.45, 7) is 4.07. The van der Waals surface area contributed by atoms with Crippen molar-refractivity contribution < 1.29 is 14.3 Å². The van der Waals surface area contributed by atoms with Gasteiger partial charge < -0.3 is 10.1 Å². The Hall–Kier alpha value is -1.10. The van der Waals surface area contributed by atoms with Gasteiger partial charge in [0.25, 0.3) is 0 Å². The molecule has 0 aromatic rings. The minimum absolute atomic E-state index is 0.0606. The lowest BCUT2D eigenvalue weighted by Gasteiger charge is -2.25. The van der Waals surface area contributed by atoms with Crippen molar-refractivity contribution >= 4 is 11.9 Å². The van der Waals surface area contributed by atoms with Crippen molar-refractivity contribution in [2.45, 2.75) is 19.9 Å². The molecule has 5 nitrogen and oxygen atoms in total. The van der Waals surface area contributed by atoms with Gasteiger partial charge in [-0.25, -0.2) is 0 Å². The number of likely N-dealkylation sites (N-methyl/N-ethyl adjacent to an activating group) is 2. The maximum absolute atomic E-state index is 11.3. The Morgan fingerprint density at radius 1 is 1.40 bits per heavy atom. The topological polar surface area (TPSA) is 58.6 Å². The van der Waals surface area contributed by atoms with Crippen LogP contribution in [-0.4, -0.2) is 50.6 Å². The molecule has 88 valence electrons. The zero-order valence-electron chi connectivity index (χ0n) is 10.0. The molecule has 0 aliphatic carbocycles. The molecule has 0 saturated carbocycles. The van der Waals surface area contributed by atoms with Gasteiger partial charge in [-0.05, 0) is 14.0 Å². The Kier molecular flexibility index (Phi) is 5.93. The van der Waals surface area contributed by atoms with Crippen molar-refractivity contribution in [3.8, 4) is 0 Å². The van der Waals surface area contributed by atoms with Crippen LogP contribution in [0.1, 0.15) is 13.8 Å². The summed E-state index contributed by atoms with van der Waals surface area (Å²) in [5.41, 5.74) is 0. The van der Waals surface area contributed by atoms with Crippen molar-refractivity contribution in [3.05, 3.63) is 0 Å². The molecule has 0 saturated heterocycles. The number of hydrogen-bond acceptors (Lipinski definition) is 4. The Balaban J connectivity index is 4.17. The van der Waals surface area contributed by atoms with E-state index in [1.165, 1.54) is 7.11 Å². The highest BCUT2D eigenvalue weighted by Gasteiger charge is 2.21. The van der Waals surface area contributed by atoms with Crippen molar-refractivity contribution in [1.29, 1.82) is 0 Å². The third kappa shape index (κ3) is 4.29. The van der Waals surface area contributed by atoms with E-state index in [-0.39, 0.29) is 23.8 Å². The van der Waals surface area contributed by atoms with Crippen LogP contribution in [0, 0.1) is 5.92 Å². The van der Waals surface area contributed by atoms with E-state index in [9.17, 15) is 9.59 Å². The van der Waals surface area contributed by atoms with Gasteiger partial charge in [0.15, 0.2) is 0 Å². The first kappa shape index (κ1) is 13.9. The average molecular weight is 216 g/mol. The number of rotatable bonds is 5. The molecule has 0 aliphatic rings. The quantitative estimate of drug-likeness (QED) is 0.650. The van der Waals surface area contributed by atoms with Gasteiger partial charge in [-0.15, -0.1) is 0 Å². The Morgan fingerprint density at radius 3 is 2.33 bits per heavy atom. The van der Waals surface area contributed by atoms with Crippen LogP contribution in [-0.2, 0) is 14.3 Å². The largest absolute Gasteiger partial charge is 0.469 e. The normalized spacial score (nSPS) is 14.5. The lowest BCUT2D eigenvalue weighted by Crippen LogP contribution is -2.44. The molecular weight excluding hydrogens is 196 g/mol. The van der Waals surface area contributed by atoms with E-state index in [1.807, 2.05) is 4.90 Å². The minimum atomic E-state index is -0.258. The third-order valence-electron chi connectivity index (χ3n) is 2.45. The molecule has 5 heteroatoms. The number of nitrogens with one attached hydrogen (secondary N) is 1. The average Bonchev–Trinajstić information content (AvgIpc) is 2.25. The second-order valence-corrected chi connectivity index (χ2v) is 3.65. The molecule has 0 aromatic carbocycles. The number of ether oxygens (including phenoxy) is 1. The number of carbonyl (C=O) groups excluding carboxylic acids is 2. The van der Waals surface area contributed by atoms with Crippen LogP contribution >= 0.6 is 0 Å². The maximum Gasteiger partial charge on any atom is 0.309 e. The van der Waals surface area contributed by atoms with Crippen LogP contribution in [0.3, 0.4) is 0 Å². The van der Waals surface area contributed by atoms with Gasteiger partial charge in [0.2, 0.25) is 5.91 Å². The molecule has 2 unspecified atom stereocenters.